The first-order valence-corrected chi connectivity index (χ1v) is 38.9. The monoisotopic (exact) mass is 1350 g/mol. The SMILES string of the molecule is CC(C)CCCCCc1ccc(OP(Oc2ccc(CCCCCC(C)C)cc2)Oc2ccc(CCCCCC(C)C)cc2)cc1.CC(C)CCCCCc1ccc(OP(Oc2ccc(CCCCCC(C)C)cc2)Oc2ccc(CCCCCC(C)C)cc2)cc1.[Ni]. The summed E-state index contributed by atoms with van der Waals surface area (Å²) in [6, 6.07) is 50.8. The third-order valence-corrected chi connectivity index (χ3v) is 19.3. The van der Waals surface area contributed by atoms with Gasteiger partial charge in [0.2, 0.25) is 0 Å². The average Bonchev–Trinajstić information content (AvgIpc) is 1.67. The molecule has 6 nitrogen and oxygen atoms in total. The molecular weight excluding hydrogens is 1230 g/mol. The molecule has 0 aliphatic rings. The zero-order valence-electron chi connectivity index (χ0n) is 60.2. The van der Waals surface area contributed by atoms with E-state index in [0.717, 1.165) is 109 Å². The van der Waals surface area contributed by atoms with Crippen LogP contribution in [0.4, 0.5) is 0 Å². The van der Waals surface area contributed by atoms with Crippen molar-refractivity contribution < 1.29 is 43.6 Å². The largest absolute Gasteiger partial charge is 0.530 e. The Morgan fingerprint density at radius 3 is 0.441 bits per heavy atom. The molecule has 0 radical (unpaired) electrons. The van der Waals surface area contributed by atoms with Crippen LogP contribution in [0.2, 0.25) is 0 Å². The molecule has 0 aliphatic heterocycles. The molecule has 518 valence electrons. The van der Waals surface area contributed by atoms with E-state index >= 15 is 0 Å². The van der Waals surface area contributed by atoms with Crippen LogP contribution in [0.3, 0.4) is 0 Å². The van der Waals surface area contributed by atoms with Crippen LogP contribution in [-0.2, 0) is 55.0 Å². The number of unbranched alkanes of at least 4 members (excludes halogenated alkanes) is 12. The summed E-state index contributed by atoms with van der Waals surface area (Å²) in [6.45, 7) is 27.6. The van der Waals surface area contributed by atoms with E-state index in [2.05, 4.69) is 229 Å². The van der Waals surface area contributed by atoms with Crippen LogP contribution in [0.25, 0.3) is 0 Å². The Kier molecular flexibility index (Phi) is 42.7. The molecule has 0 saturated heterocycles. The van der Waals surface area contributed by atoms with Crippen molar-refractivity contribution >= 4 is 17.2 Å². The van der Waals surface area contributed by atoms with E-state index in [1.165, 1.54) is 187 Å². The first-order chi connectivity index (χ1) is 44.5. The van der Waals surface area contributed by atoms with Crippen molar-refractivity contribution in [3.05, 3.63) is 179 Å². The Labute approximate surface area is 581 Å². The fraction of sp³-hybridized carbons (Fsp3) is 0.571. The molecule has 6 rings (SSSR count). The van der Waals surface area contributed by atoms with Gasteiger partial charge in [0.05, 0.1) is 0 Å². The molecule has 0 aliphatic carbocycles. The molecule has 0 heterocycles. The van der Waals surface area contributed by atoms with Crippen LogP contribution in [0.1, 0.15) is 271 Å². The molecule has 0 saturated carbocycles. The van der Waals surface area contributed by atoms with Gasteiger partial charge in [0, 0.05) is 16.5 Å². The molecule has 0 atom stereocenters. The topological polar surface area (TPSA) is 55.4 Å². The van der Waals surface area contributed by atoms with E-state index in [-0.39, 0.29) is 16.5 Å². The zero-order chi connectivity index (χ0) is 66.0. The minimum atomic E-state index is -1.69. The predicted molar refractivity (Wildman–Crippen MR) is 398 cm³/mol. The molecule has 9 heteroatoms. The van der Waals surface area contributed by atoms with Crippen LogP contribution < -0.4 is 27.1 Å². The van der Waals surface area contributed by atoms with Crippen LogP contribution in [-0.4, -0.2) is 0 Å². The molecule has 0 aromatic heterocycles. The van der Waals surface area contributed by atoms with Crippen LogP contribution >= 0.6 is 17.2 Å². The van der Waals surface area contributed by atoms with Gasteiger partial charge in [-0.1, -0.05) is 271 Å². The van der Waals surface area contributed by atoms with Crippen LogP contribution in [0.15, 0.2) is 146 Å². The molecule has 0 amide bonds. The molecule has 0 unspecified atom stereocenters. The number of hydrogen-bond donors (Lipinski definition) is 0. The maximum atomic E-state index is 6.35. The van der Waals surface area contributed by atoms with E-state index in [9.17, 15) is 0 Å². The summed E-state index contributed by atoms with van der Waals surface area (Å²) in [5.41, 5.74) is 8.10. The average molecular weight is 1350 g/mol. The molecule has 6 aromatic rings. The van der Waals surface area contributed by atoms with Crippen molar-refractivity contribution in [3.63, 3.8) is 0 Å². The Bertz CT molecular complexity index is 2230. The van der Waals surface area contributed by atoms with Gasteiger partial charge in [0.15, 0.2) is 0 Å². The maximum absolute atomic E-state index is 6.35. The Hall–Kier alpha value is -4.53. The summed E-state index contributed by atoms with van der Waals surface area (Å²) in [7, 11) is -3.37. The molecule has 0 N–H and O–H groups in total. The molecular formula is C84H126NiO6P2. The normalized spacial score (nSPS) is 11.5. The molecule has 0 spiro atoms. The second kappa shape index (κ2) is 49.1. The molecule has 0 fully saturated rings. The van der Waals surface area contributed by atoms with Crippen molar-refractivity contribution in [2.24, 2.45) is 35.5 Å². The van der Waals surface area contributed by atoms with Crippen molar-refractivity contribution in [2.45, 2.75) is 276 Å². The summed E-state index contributed by atoms with van der Waals surface area (Å²) in [5, 5.41) is 0. The van der Waals surface area contributed by atoms with Crippen LogP contribution in [0, 0.1) is 35.5 Å². The van der Waals surface area contributed by atoms with Gasteiger partial charge in [-0.25, -0.2) is 0 Å². The molecule has 93 heavy (non-hydrogen) atoms. The van der Waals surface area contributed by atoms with Crippen molar-refractivity contribution in [2.75, 3.05) is 0 Å². The fourth-order valence-electron chi connectivity index (χ4n) is 11.3. The smallest absolute Gasteiger partial charge is 0.409 e. The fourth-order valence-corrected chi connectivity index (χ4v) is 13.3. The quantitative estimate of drug-likeness (QED) is 0.0216. The number of aryl methyl sites for hydroxylation is 6. The summed E-state index contributed by atoms with van der Waals surface area (Å²) in [6.07, 6.45) is 37.5. The third kappa shape index (κ3) is 39.3. The van der Waals surface area contributed by atoms with Crippen molar-refractivity contribution in [3.8, 4) is 34.5 Å². The standard InChI is InChI=1S/2C42H63O3P.Ni/c2*1-34(2)16-10-7-13-19-37-22-28-40(29-23-37)43-46(44-41-30-24-38(25-31-41)20-14-8-11-17-35(3)4)45-42-32-26-39(27-33-42)21-15-9-12-18-36(5)6;/h2*22-36H,7-21H2,1-6H3;. The first kappa shape index (κ1) is 80.9. The van der Waals surface area contributed by atoms with Gasteiger partial charge in [-0.2, -0.15) is 0 Å². The minimum Gasteiger partial charge on any atom is -0.409 e. The zero-order valence-corrected chi connectivity index (χ0v) is 63.0. The number of rotatable bonds is 48. The van der Waals surface area contributed by atoms with E-state index in [1.807, 2.05) is 0 Å². The second-order valence-electron chi connectivity index (χ2n) is 28.8. The van der Waals surface area contributed by atoms with Gasteiger partial charge in [-0.3, -0.25) is 0 Å². The van der Waals surface area contributed by atoms with Crippen LogP contribution in [0.5, 0.6) is 34.5 Å². The van der Waals surface area contributed by atoms with Crippen molar-refractivity contribution in [1.82, 2.24) is 0 Å². The molecule has 6 aromatic carbocycles. The van der Waals surface area contributed by atoms with E-state index in [4.69, 9.17) is 27.1 Å². The summed E-state index contributed by atoms with van der Waals surface area (Å²) in [5.74, 6) is 9.37. The summed E-state index contributed by atoms with van der Waals surface area (Å²) >= 11 is 0. The van der Waals surface area contributed by atoms with Gasteiger partial charge < -0.3 is 27.1 Å². The third-order valence-electron chi connectivity index (χ3n) is 17.1. The van der Waals surface area contributed by atoms with Gasteiger partial charge in [-0.05, 0) is 219 Å². The Morgan fingerprint density at radius 1 is 0.194 bits per heavy atom. The van der Waals surface area contributed by atoms with Crippen molar-refractivity contribution in [1.29, 1.82) is 0 Å². The predicted octanol–water partition coefficient (Wildman–Crippen LogP) is 27.5. The second-order valence-corrected chi connectivity index (χ2v) is 30.8. The van der Waals surface area contributed by atoms with E-state index in [0.29, 0.717) is 0 Å². The Balaban J connectivity index is 0.000000392. The Morgan fingerprint density at radius 2 is 0.323 bits per heavy atom. The molecule has 0 bridgehead atoms. The minimum absolute atomic E-state index is 0. The maximum Gasteiger partial charge on any atom is 0.530 e. The van der Waals surface area contributed by atoms with Gasteiger partial charge in [-0.15, -0.1) is 0 Å². The number of hydrogen-bond acceptors (Lipinski definition) is 6. The summed E-state index contributed by atoms with van der Waals surface area (Å²) < 4.78 is 38.1. The van der Waals surface area contributed by atoms with Gasteiger partial charge in [0.25, 0.3) is 0 Å². The number of benzene rings is 6. The van der Waals surface area contributed by atoms with Gasteiger partial charge in [0.1, 0.15) is 34.5 Å². The van der Waals surface area contributed by atoms with Gasteiger partial charge >= 0.3 is 17.2 Å². The first-order valence-electron chi connectivity index (χ1n) is 36.7. The summed E-state index contributed by atoms with van der Waals surface area (Å²) in [4.78, 5) is 0. The van der Waals surface area contributed by atoms with E-state index in [1.54, 1.807) is 0 Å². The van der Waals surface area contributed by atoms with E-state index < -0.39 is 17.2 Å².